The molecule has 0 bridgehead atoms. The van der Waals surface area contributed by atoms with E-state index in [0.29, 0.717) is 0 Å². The number of rotatable bonds is 2. The molecule has 0 saturated heterocycles. The molecule has 0 unspecified atom stereocenters. The Hall–Kier alpha value is 0.490. The molecule has 0 spiro atoms. The van der Waals surface area contributed by atoms with Gasteiger partial charge in [0.05, 0.1) is 0 Å². The highest BCUT2D eigenvalue weighted by Gasteiger charge is 2.09. The van der Waals surface area contributed by atoms with Gasteiger partial charge in [-0.3, -0.25) is 0 Å². The molecular formula is C2H4Cl2NO2S. The van der Waals surface area contributed by atoms with Gasteiger partial charge in [0.1, 0.15) is 5.75 Å². The predicted octanol–water partition coefficient (Wildman–Crippen LogP) is 0.242. The van der Waals surface area contributed by atoms with Crippen molar-refractivity contribution in [2.45, 2.75) is 0 Å². The van der Waals surface area contributed by atoms with Crippen LogP contribution in [0.5, 0.6) is 0 Å². The molecule has 0 heterocycles. The van der Waals surface area contributed by atoms with Gasteiger partial charge in [-0.15, -0.1) is 0 Å². The van der Waals surface area contributed by atoms with Crippen LogP contribution >= 0.6 is 23.2 Å². The van der Waals surface area contributed by atoms with E-state index < -0.39 is 15.8 Å². The Morgan fingerprint density at radius 1 is 1.50 bits per heavy atom. The van der Waals surface area contributed by atoms with Crippen molar-refractivity contribution in [2.24, 2.45) is 5.14 Å². The fourth-order valence-electron chi connectivity index (χ4n) is 0.152. The molecule has 0 saturated carbocycles. The van der Waals surface area contributed by atoms with E-state index in [9.17, 15) is 8.42 Å². The maximum atomic E-state index is 10.0. The third-order valence-corrected chi connectivity index (χ3v) is 1.59. The lowest BCUT2D eigenvalue weighted by Crippen LogP contribution is -2.17. The SMILES string of the molecule is NS(=O)(=O)C[C](Cl)Cl. The van der Waals surface area contributed by atoms with Crippen molar-refractivity contribution in [3.05, 3.63) is 4.84 Å². The topological polar surface area (TPSA) is 60.2 Å². The van der Waals surface area contributed by atoms with Crippen LogP contribution in [0.3, 0.4) is 0 Å². The molecule has 0 rings (SSSR count). The Morgan fingerprint density at radius 2 is 1.88 bits per heavy atom. The van der Waals surface area contributed by atoms with Crippen molar-refractivity contribution in [3.8, 4) is 0 Å². The highest BCUT2D eigenvalue weighted by atomic mass is 35.5. The first-order chi connectivity index (χ1) is 3.42. The maximum Gasteiger partial charge on any atom is 0.212 e. The highest BCUT2D eigenvalue weighted by Crippen LogP contribution is 2.12. The van der Waals surface area contributed by atoms with E-state index in [2.05, 4.69) is 5.14 Å². The number of hydrogen-bond donors (Lipinski definition) is 1. The molecule has 0 aliphatic heterocycles. The van der Waals surface area contributed by atoms with Crippen LogP contribution in [0.1, 0.15) is 0 Å². The molecule has 2 N–H and O–H groups in total. The molecule has 0 aliphatic rings. The first-order valence-electron chi connectivity index (χ1n) is 1.59. The van der Waals surface area contributed by atoms with Crippen LogP contribution in [0.25, 0.3) is 0 Å². The molecule has 0 aromatic carbocycles. The first kappa shape index (κ1) is 8.49. The van der Waals surface area contributed by atoms with Crippen molar-refractivity contribution in [2.75, 3.05) is 5.75 Å². The monoisotopic (exact) mass is 176 g/mol. The Bertz CT molecular complexity index is 151. The van der Waals surface area contributed by atoms with Crippen LogP contribution in [-0.2, 0) is 10.0 Å². The second-order valence-corrected chi connectivity index (χ2v) is 3.87. The van der Waals surface area contributed by atoms with Gasteiger partial charge in [-0.05, 0) is 0 Å². The summed E-state index contributed by atoms with van der Waals surface area (Å²) in [4.78, 5) is -0.243. The van der Waals surface area contributed by atoms with Crippen molar-refractivity contribution in [1.29, 1.82) is 0 Å². The summed E-state index contributed by atoms with van der Waals surface area (Å²) in [5.41, 5.74) is 0. The highest BCUT2D eigenvalue weighted by molar-refractivity contribution is 7.89. The van der Waals surface area contributed by atoms with Crippen molar-refractivity contribution in [3.63, 3.8) is 0 Å². The molecule has 0 aliphatic carbocycles. The van der Waals surface area contributed by atoms with Crippen LogP contribution in [0.15, 0.2) is 0 Å². The summed E-state index contributed by atoms with van der Waals surface area (Å²) in [5, 5.41) is 4.52. The number of halogens is 2. The normalized spacial score (nSPS) is 12.5. The van der Waals surface area contributed by atoms with Gasteiger partial charge in [-0.2, -0.15) is 0 Å². The quantitative estimate of drug-likeness (QED) is 0.656. The van der Waals surface area contributed by atoms with Crippen LogP contribution in [-0.4, -0.2) is 14.2 Å². The van der Waals surface area contributed by atoms with Gasteiger partial charge < -0.3 is 0 Å². The first-order valence-corrected chi connectivity index (χ1v) is 4.06. The fourth-order valence-corrected chi connectivity index (χ4v) is 1.37. The minimum Gasteiger partial charge on any atom is -0.229 e. The minimum absolute atomic E-state index is 0.243. The summed E-state index contributed by atoms with van der Waals surface area (Å²) in [7, 11) is -3.52. The lowest BCUT2D eigenvalue weighted by atomic mass is 10.9. The fraction of sp³-hybridized carbons (Fsp3) is 0.500. The van der Waals surface area contributed by atoms with Crippen LogP contribution in [0.4, 0.5) is 0 Å². The van der Waals surface area contributed by atoms with E-state index in [1.807, 2.05) is 0 Å². The molecule has 0 fully saturated rings. The average molecular weight is 177 g/mol. The number of sulfonamides is 1. The number of hydrogen-bond acceptors (Lipinski definition) is 2. The van der Waals surface area contributed by atoms with E-state index in [1.54, 1.807) is 0 Å². The molecule has 8 heavy (non-hydrogen) atoms. The van der Waals surface area contributed by atoms with Gasteiger partial charge in [0.25, 0.3) is 0 Å². The summed E-state index contributed by atoms with van der Waals surface area (Å²) < 4.78 is 20.1. The molecular weight excluding hydrogens is 173 g/mol. The third kappa shape index (κ3) is 6.49. The van der Waals surface area contributed by atoms with Crippen LogP contribution < -0.4 is 5.14 Å². The van der Waals surface area contributed by atoms with Crippen molar-refractivity contribution < 1.29 is 8.42 Å². The Morgan fingerprint density at radius 3 is 1.88 bits per heavy atom. The second kappa shape index (κ2) is 2.87. The molecule has 6 heteroatoms. The second-order valence-electron chi connectivity index (χ2n) is 1.15. The van der Waals surface area contributed by atoms with E-state index in [1.165, 1.54) is 0 Å². The zero-order valence-electron chi connectivity index (χ0n) is 3.77. The molecule has 0 aromatic heterocycles. The summed E-state index contributed by atoms with van der Waals surface area (Å²) in [5.74, 6) is -0.476. The summed E-state index contributed by atoms with van der Waals surface area (Å²) in [6.07, 6.45) is 0. The Balaban J connectivity index is 3.75. The van der Waals surface area contributed by atoms with Gasteiger partial charge in [0.15, 0.2) is 4.84 Å². The molecule has 0 aromatic rings. The van der Waals surface area contributed by atoms with E-state index in [4.69, 9.17) is 23.2 Å². The summed E-state index contributed by atoms with van der Waals surface area (Å²) in [6, 6.07) is 0. The van der Waals surface area contributed by atoms with Gasteiger partial charge in [-0.1, -0.05) is 23.2 Å². The molecule has 49 valence electrons. The molecule has 0 atom stereocenters. The molecule has 0 amide bonds. The van der Waals surface area contributed by atoms with E-state index >= 15 is 0 Å². The molecule has 3 nitrogen and oxygen atoms in total. The van der Waals surface area contributed by atoms with E-state index in [0.717, 1.165) is 0 Å². The van der Waals surface area contributed by atoms with Crippen molar-refractivity contribution in [1.82, 2.24) is 0 Å². The lowest BCUT2D eigenvalue weighted by Gasteiger charge is -1.93. The lowest BCUT2D eigenvalue weighted by molar-refractivity contribution is 0.600. The maximum absolute atomic E-state index is 10.0. The van der Waals surface area contributed by atoms with Crippen molar-refractivity contribution >= 4 is 33.2 Å². The Labute approximate surface area is 57.8 Å². The smallest absolute Gasteiger partial charge is 0.212 e. The minimum atomic E-state index is -3.52. The third-order valence-electron chi connectivity index (χ3n) is 0.310. The van der Waals surface area contributed by atoms with Crippen LogP contribution in [0, 0.1) is 4.84 Å². The number of primary sulfonamides is 1. The predicted molar refractivity (Wildman–Crippen MR) is 32.9 cm³/mol. The summed E-state index contributed by atoms with van der Waals surface area (Å²) in [6.45, 7) is 0. The van der Waals surface area contributed by atoms with Gasteiger partial charge in [0.2, 0.25) is 10.0 Å². The van der Waals surface area contributed by atoms with Gasteiger partial charge in [0, 0.05) is 0 Å². The Kier molecular flexibility index (Phi) is 3.04. The standard InChI is InChI=1S/C2H4Cl2NO2S/c3-2(4)1-8(5,6)7/h1H2,(H2,5,6,7). The zero-order chi connectivity index (χ0) is 6.78. The largest absolute Gasteiger partial charge is 0.229 e. The summed E-state index contributed by atoms with van der Waals surface area (Å²) >= 11 is 9.97. The molecule has 1 radical (unpaired) electrons. The van der Waals surface area contributed by atoms with Crippen LogP contribution in [0.2, 0.25) is 0 Å². The van der Waals surface area contributed by atoms with Gasteiger partial charge >= 0.3 is 0 Å². The number of nitrogens with two attached hydrogens (primary N) is 1. The van der Waals surface area contributed by atoms with Gasteiger partial charge in [-0.25, -0.2) is 13.6 Å². The average Bonchev–Trinajstić information content (AvgIpc) is 1.21. The van der Waals surface area contributed by atoms with E-state index in [-0.39, 0.29) is 4.84 Å². The zero-order valence-corrected chi connectivity index (χ0v) is 6.09.